The maximum Gasteiger partial charge on any atom is 0.184 e. The van der Waals surface area contributed by atoms with Crippen LogP contribution < -0.4 is 15.8 Å². The summed E-state index contributed by atoms with van der Waals surface area (Å²) in [6.45, 7) is 3.85. The lowest BCUT2D eigenvalue weighted by molar-refractivity contribution is 0.242. The Kier molecular flexibility index (Phi) is 4.08. The van der Waals surface area contributed by atoms with Crippen LogP contribution in [-0.2, 0) is 0 Å². The van der Waals surface area contributed by atoms with Gasteiger partial charge in [-0.2, -0.15) is 0 Å². The third-order valence-electron chi connectivity index (χ3n) is 2.62. The summed E-state index contributed by atoms with van der Waals surface area (Å²) in [7, 11) is 0. The van der Waals surface area contributed by atoms with Crippen molar-refractivity contribution in [2.45, 2.75) is 20.0 Å². The van der Waals surface area contributed by atoms with E-state index in [4.69, 9.17) is 10.5 Å². The van der Waals surface area contributed by atoms with Crippen LogP contribution in [0.1, 0.15) is 13.8 Å². The van der Waals surface area contributed by atoms with E-state index in [1.54, 1.807) is 24.3 Å². The molecule has 0 fully saturated rings. The normalized spacial score (nSPS) is 10.7. The molecule has 0 aliphatic rings. The molecule has 0 spiro atoms. The molecule has 5 heteroatoms. The molecule has 20 heavy (non-hydrogen) atoms. The van der Waals surface area contributed by atoms with Gasteiger partial charge in [0.15, 0.2) is 11.6 Å². The van der Waals surface area contributed by atoms with Gasteiger partial charge >= 0.3 is 0 Å². The Balaban J connectivity index is 2.20. The molecule has 2 rings (SSSR count). The molecule has 3 nitrogen and oxygen atoms in total. The summed E-state index contributed by atoms with van der Waals surface area (Å²) < 4.78 is 32.3. The molecule has 0 amide bonds. The molecule has 0 aromatic heterocycles. The maximum atomic E-state index is 13.7. The molecule has 2 aromatic rings. The van der Waals surface area contributed by atoms with Crippen molar-refractivity contribution in [1.82, 2.24) is 0 Å². The van der Waals surface area contributed by atoms with Crippen LogP contribution in [0.25, 0.3) is 0 Å². The second-order valence-electron chi connectivity index (χ2n) is 4.64. The quantitative estimate of drug-likeness (QED) is 0.828. The van der Waals surface area contributed by atoms with Gasteiger partial charge < -0.3 is 15.8 Å². The van der Waals surface area contributed by atoms with E-state index in [2.05, 4.69) is 5.32 Å². The molecule has 0 atom stereocenters. The second kappa shape index (κ2) is 5.77. The lowest BCUT2D eigenvalue weighted by Gasteiger charge is -2.13. The van der Waals surface area contributed by atoms with Crippen molar-refractivity contribution in [3.63, 3.8) is 0 Å². The van der Waals surface area contributed by atoms with Crippen LogP contribution >= 0.6 is 0 Å². The summed E-state index contributed by atoms with van der Waals surface area (Å²) in [5, 5.41) is 2.77. The summed E-state index contributed by atoms with van der Waals surface area (Å²) in [4.78, 5) is 0. The highest BCUT2D eigenvalue weighted by Gasteiger charge is 2.12. The van der Waals surface area contributed by atoms with Crippen LogP contribution in [0.5, 0.6) is 5.75 Å². The van der Waals surface area contributed by atoms with Gasteiger partial charge in [-0.3, -0.25) is 0 Å². The van der Waals surface area contributed by atoms with Crippen molar-refractivity contribution in [3.8, 4) is 5.75 Å². The Labute approximate surface area is 116 Å². The number of benzene rings is 2. The molecule has 0 unspecified atom stereocenters. The highest BCUT2D eigenvalue weighted by molar-refractivity contribution is 5.73. The summed E-state index contributed by atoms with van der Waals surface area (Å²) in [6.07, 6.45) is 0.0742. The Bertz CT molecular complexity index is 598. The maximum absolute atomic E-state index is 13.7. The Morgan fingerprint density at radius 1 is 1.05 bits per heavy atom. The van der Waals surface area contributed by atoms with E-state index in [1.807, 2.05) is 13.8 Å². The Hall–Kier alpha value is -2.30. The molecular weight excluding hydrogens is 262 g/mol. The number of hydrogen-bond donors (Lipinski definition) is 2. The Morgan fingerprint density at radius 3 is 2.30 bits per heavy atom. The zero-order chi connectivity index (χ0) is 14.7. The zero-order valence-electron chi connectivity index (χ0n) is 11.3. The van der Waals surface area contributed by atoms with Gasteiger partial charge in [0.25, 0.3) is 0 Å². The van der Waals surface area contributed by atoms with Gasteiger partial charge in [0, 0.05) is 5.69 Å². The number of nitrogens with two attached hydrogens (primary N) is 1. The van der Waals surface area contributed by atoms with Crippen LogP contribution in [0.15, 0.2) is 36.4 Å². The van der Waals surface area contributed by atoms with Crippen molar-refractivity contribution in [3.05, 3.63) is 48.0 Å². The van der Waals surface area contributed by atoms with Crippen molar-refractivity contribution < 1.29 is 13.5 Å². The van der Waals surface area contributed by atoms with Crippen LogP contribution in [-0.4, -0.2) is 6.10 Å². The molecule has 0 saturated heterocycles. The van der Waals surface area contributed by atoms with Gasteiger partial charge in [-0.15, -0.1) is 0 Å². The van der Waals surface area contributed by atoms with E-state index in [0.29, 0.717) is 11.4 Å². The minimum absolute atomic E-state index is 0.0671. The summed E-state index contributed by atoms with van der Waals surface area (Å²) in [5.41, 5.74) is 6.31. The molecule has 0 radical (unpaired) electrons. The van der Waals surface area contributed by atoms with Gasteiger partial charge in [-0.05, 0) is 50.2 Å². The zero-order valence-corrected chi connectivity index (χ0v) is 11.3. The average molecular weight is 278 g/mol. The predicted octanol–water partition coefficient (Wildman–Crippen LogP) is 4.08. The van der Waals surface area contributed by atoms with Crippen LogP contribution in [0.4, 0.5) is 25.8 Å². The number of nitrogen functional groups attached to an aromatic ring is 1. The highest BCUT2D eigenvalue weighted by Crippen LogP contribution is 2.28. The van der Waals surface area contributed by atoms with Gasteiger partial charge in [0.05, 0.1) is 11.8 Å². The fourth-order valence-electron chi connectivity index (χ4n) is 1.73. The van der Waals surface area contributed by atoms with Gasteiger partial charge in [-0.25, -0.2) is 8.78 Å². The first-order valence-electron chi connectivity index (χ1n) is 6.24. The largest absolute Gasteiger partial charge is 0.491 e. The summed E-state index contributed by atoms with van der Waals surface area (Å²) in [5.74, 6) is -1.23. The summed E-state index contributed by atoms with van der Waals surface area (Å²) in [6, 6.07) is 9.22. The molecular formula is C15H16F2N2O. The minimum Gasteiger partial charge on any atom is -0.491 e. The number of rotatable bonds is 4. The number of ether oxygens (including phenoxy) is 1. The fourth-order valence-corrected chi connectivity index (χ4v) is 1.73. The number of hydrogen-bond acceptors (Lipinski definition) is 3. The third-order valence-corrected chi connectivity index (χ3v) is 2.62. The van der Waals surface area contributed by atoms with E-state index in [1.165, 1.54) is 6.07 Å². The third kappa shape index (κ3) is 3.17. The molecule has 2 aromatic carbocycles. The van der Waals surface area contributed by atoms with Gasteiger partial charge in [0.1, 0.15) is 11.4 Å². The molecule has 0 saturated carbocycles. The van der Waals surface area contributed by atoms with Crippen molar-refractivity contribution in [1.29, 1.82) is 0 Å². The van der Waals surface area contributed by atoms with E-state index in [-0.39, 0.29) is 17.5 Å². The van der Waals surface area contributed by atoms with E-state index in [0.717, 1.165) is 6.07 Å². The molecule has 0 aliphatic carbocycles. The van der Waals surface area contributed by atoms with Crippen molar-refractivity contribution in [2.24, 2.45) is 0 Å². The highest BCUT2D eigenvalue weighted by atomic mass is 19.2. The smallest absolute Gasteiger partial charge is 0.184 e. The van der Waals surface area contributed by atoms with Gasteiger partial charge in [0.2, 0.25) is 0 Å². The second-order valence-corrected chi connectivity index (χ2v) is 4.64. The first-order chi connectivity index (χ1) is 9.47. The lowest BCUT2D eigenvalue weighted by atomic mass is 10.2. The van der Waals surface area contributed by atoms with Crippen LogP contribution in [0, 0.1) is 11.6 Å². The minimum atomic E-state index is -0.993. The number of anilines is 3. The molecule has 0 heterocycles. The molecule has 3 N–H and O–H groups in total. The SMILES string of the molecule is CC(C)Oc1ccc(Nc2c(N)ccc(F)c2F)cc1. The van der Waals surface area contributed by atoms with Crippen LogP contribution in [0.3, 0.4) is 0 Å². The van der Waals surface area contributed by atoms with Crippen LogP contribution in [0.2, 0.25) is 0 Å². The van der Waals surface area contributed by atoms with E-state index >= 15 is 0 Å². The first kappa shape index (κ1) is 14.1. The molecule has 0 aliphatic heterocycles. The summed E-state index contributed by atoms with van der Waals surface area (Å²) >= 11 is 0. The van der Waals surface area contributed by atoms with Gasteiger partial charge in [-0.1, -0.05) is 0 Å². The van der Waals surface area contributed by atoms with E-state index < -0.39 is 11.6 Å². The first-order valence-corrected chi connectivity index (χ1v) is 6.24. The van der Waals surface area contributed by atoms with Crippen molar-refractivity contribution >= 4 is 17.1 Å². The lowest BCUT2D eigenvalue weighted by Crippen LogP contribution is -2.05. The Morgan fingerprint density at radius 2 is 1.70 bits per heavy atom. The topological polar surface area (TPSA) is 47.3 Å². The fraction of sp³-hybridized carbons (Fsp3) is 0.200. The monoisotopic (exact) mass is 278 g/mol. The predicted molar refractivity (Wildman–Crippen MR) is 76.3 cm³/mol. The number of halogens is 2. The standard InChI is InChI=1S/C15H16F2N2O/c1-9(2)20-11-5-3-10(4-6-11)19-15-13(18)8-7-12(16)14(15)17/h3-9,19H,18H2,1-2H3. The van der Waals surface area contributed by atoms with E-state index in [9.17, 15) is 8.78 Å². The average Bonchev–Trinajstić information content (AvgIpc) is 2.40. The number of nitrogens with one attached hydrogen (secondary N) is 1. The molecule has 106 valence electrons. The molecule has 0 bridgehead atoms. The van der Waals surface area contributed by atoms with Crippen molar-refractivity contribution in [2.75, 3.05) is 11.1 Å².